The number of aromatic amines is 1. The first-order valence-electron chi connectivity index (χ1n) is 9.27. The number of alkyl halides is 3. The number of imidazole rings is 1. The van der Waals surface area contributed by atoms with Crippen LogP contribution in [0.4, 0.5) is 17.6 Å². The van der Waals surface area contributed by atoms with Crippen molar-refractivity contribution >= 4 is 0 Å². The molecule has 1 N–H and O–H groups in total. The molecule has 0 fully saturated rings. The Balaban J connectivity index is 1.40. The summed E-state index contributed by atoms with van der Waals surface area (Å²) in [6, 6.07) is 7.33. The second-order valence-electron chi connectivity index (χ2n) is 7.09. The Hall–Kier alpha value is -3.76. The lowest BCUT2D eigenvalue weighted by Crippen LogP contribution is -2.09. The summed E-state index contributed by atoms with van der Waals surface area (Å²) in [4.78, 5) is 8.53. The van der Waals surface area contributed by atoms with Gasteiger partial charge in [0.15, 0.2) is 5.69 Å². The van der Waals surface area contributed by atoms with E-state index in [2.05, 4.69) is 20.2 Å². The number of hydrogen-bond acceptors (Lipinski definition) is 5. The molecule has 0 bridgehead atoms. The van der Waals surface area contributed by atoms with Gasteiger partial charge in [-0.15, -0.1) is 0 Å². The molecule has 0 saturated heterocycles. The third kappa shape index (κ3) is 3.62. The predicted molar refractivity (Wildman–Crippen MR) is 100 cm³/mol. The third-order valence-corrected chi connectivity index (χ3v) is 5.03. The molecular weight excluding hydrogens is 416 g/mol. The van der Waals surface area contributed by atoms with E-state index in [-0.39, 0.29) is 23.0 Å². The minimum Gasteiger partial charge on any atom is -0.493 e. The minimum atomic E-state index is -4.63. The number of halogens is 4. The molecule has 0 aliphatic carbocycles. The number of nitrogens with one attached hydrogen (secondary N) is 1. The minimum absolute atomic E-state index is 0.0449. The van der Waals surface area contributed by atoms with E-state index in [9.17, 15) is 17.6 Å². The van der Waals surface area contributed by atoms with E-state index in [0.717, 1.165) is 5.56 Å². The highest BCUT2D eigenvalue weighted by Crippen LogP contribution is 2.36. The van der Waals surface area contributed by atoms with Gasteiger partial charge in [-0.1, -0.05) is 0 Å². The van der Waals surface area contributed by atoms with Crippen molar-refractivity contribution in [2.45, 2.75) is 18.6 Å². The van der Waals surface area contributed by atoms with E-state index in [1.807, 2.05) is 9.78 Å². The standard InChI is InChI=1S/C20H14F4N6O/c21-13-1-2-17-14(6-13)12(9-31-17)7-30-8-16(26-10-30)15-5-11(3-4-25-15)18-19(20(22,23)24)28-29-27-18/h1-6,8,10,12H,7,9H2,(H,27,28,29)/t12-/m1/s1. The SMILES string of the molecule is Fc1ccc2c(c1)[C@H](Cn1cnc(-c3cc(-c4n[nH]nc4C(F)(F)F)ccn3)c1)CO2. The zero-order valence-corrected chi connectivity index (χ0v) is 15.8. The smallest absolute Gasteiger partial charge is 0.437 e. The number of nitrogens with zero attached hydrogens (tertiary/aromatic N) is 5. The highest BCUT2D eigenvalue weighted by molar-refractivity contribution is 5.67. The van der Waals surface area contributed by atoms with E-state index in [0.29, 0.717) is 30.3 Å². The van der Waals surface area contributed by atoms with Crippen LogP contribution in [0, 0.1) is 5.82 Å². The normalized spacial score (nSPS) is 15.7. The molecule has 1 aliphatic heterocycles. The summed E-state index contributed by atoms with van der Waals surface area (Å²) < 4.78 is 60.4. The van der Waals surface area contributed by atoms with Gasteiger partial charge in [0.1, 0.15) is 23.0 Å². The second-order valence-corrected chi connectivity index (χ2v) is 7.09. The summed E-state index contributed by atoms with van der Waals surface area (Å²) >= 11 is 0. The molecule has 0 saturated carbocycles. The van der Waals surface area contributed by atoms with Gasteiger partial charge < -0.3 is 9.30 Å². The zero-order chi connectivity index (χ0) is 21.6. The first-order valence-corrected chi connectivity index (χ1v) is 9.27. The van der Waals surface area contributed by atoms with Gasteiger partial charge in [0.2, 0.25) is 0 Å². The fourth-order valence-electron chi connectivity index (χ4n) is 3.60. The van der Waals surface area contributed by atoms with Crippen LogP contribution in [0.15, 0.2) is 49.1 Å². The number of benzene rings is 1. The Labute approximate surface area is 172 Å². The molecule has 3 aromatic heterocycles. The first kappa shape index (κ1) is 19.2. The third-order valence-electron chi connectivity index (χ3n) is 5.03. The largest absolute Gasteiger partial charge is 0.493 e. The van der Waals surface area contributed by atoms with Crippen LogP contribution in [0.1, 0.15) is 17.2 Å². The van der Waals surface area contributed by atoms with Crippen molar-refractivity contribution in [1.82, 2.24) is 29.9 Å². The Kier molecular flexibility index (Phi) is 4.45. The molecule has 4 heterocycles. The van der Waals surface area contributed by atoms with Crippen molar-refractivity contribution in [3.63, 3.8) is 0 Å². The Morgan fingerprint density at radius 3 is 2.81 bits per heavy atom. The molecule has 158 valence electrons. The number of aromatic nitrogens is 6. The van der Waals surface area contributed by atoms with Crippen molar-refractivity contribution in [3.8, 4) is 28.4 Å². The molecule has 0 unspecified atom stereocenters. The number of rotatable bonds is 4. The average Bonchev–Trinajstić information content (AvgIpc) is 3.48. The predicted octanol–water partition coefficient (Wildman–Crippen LogP) is 4.06. The van der Waals surface area contributed by atoms with Gasteiger partial charge in [0.25, 0.3) is 0 Å². The number of pyridine rings is 1. The van der Waals surface area contributed by atoms with Crippen molar-refractivity contribution < 1.29 is 22.3 Å². The Bertz CT molecular complexity index is 1250. The molecular formula is C20H14F4N6O. The number of fused-ring (bicyclic) bond motifs is 1. The van der Waals surface area contributed by atoms with E-state index < -0.39 is 11.9 Å². The van der Waals surface area contributed by atoms with Crippen molar-refractivity contribution in [1.29, 1.82) is 0 Å². The topological polar surface area (TPSA) is 81.5 Å². The van der Waals surface area contributed by atoms with Gasteiger partial charge in [-0.25, -0.2) is 9.37 Å². The van der Waals surface area contributed by atoms with Crippen LogP contribution < -0.4 is 4.74 Å². The lowest BCUT2D eigenvalue weighted by molar-refractivity contribution is -0.140. The lowest BCUT2D eigenvalue weighted by Gasteiger charge is -2.09. The molecule has 11 heteroatoms. The summed E-state index contributed by atoms with van der Waals surface area (Å²) in [5.74, 6) is 0.290. The molecule has 5 rings (SSSR count). The van der Waals surface area contributed by atoms with Crippen LogP contribution in [0.2, 0.25) is 0 Å². The quantitative estimate of drug-likeness (QED) is 0.494. The molecule has 4 aromatic rings. The van der Waals surface area contributed by atoms with Gasteiger partial charge in [0, 0.05) is 36.0 Å². The van der Waals surface area contributed by atoms with Crippen LogP contribution in [-0.2, 0) is 12.7 Å². The van der Waals surface area contributed by atoms with E-state index in [1.54, 1.807) is 18.6 Å². The maximum absolute atomic E-state index is 13.6. The monoisotopic (exact) mass is 430 g/mol. The van der Waals surface area contributed by atoms with Crippen LogP contribution in [0.25, 0.3) is 22.6 Å². The van der Waals surface area contributed by atoms with Gasteiger partial charge >= 0.3 is 6.18 Å². The second kappa shape index (κ2) is 7.18. The maximum atomic E-state index is 13.6. The zero-order valence-electron chi connectivity index (χ0n) is 15.8. The number of hydrogen-bond donors (Lipinski definition) is 1. The number of H-pyrrole nitrogens is 1. The molecule has 0 amide bonds. The molecule has 0 spiro atoms. The van der Waals surface area contributed by atoms with Gasteiger partial charge in [-0.2, -0.15) is 28.6 Å². The van der Waals surface area contributed by atoms with Crippen molar-refractivity contribution in [2.24, 2.45) is 0 Å². The highest BCUT2D eigenvalue weighted by Gasteiger charge is 2.38. The fourth-order valence-corrected chi connectivity index (χ4v) is 3.60. The molecule has 31 heavy (non-hydrogen) atoms. The van der Waals surface area contributed by atoms with Crippen LogP contribution in [0.5, 0.6) is 5.75 Å². The van der Waals surface area contributed by atoms with E-state index in [4.69, 9.17) is 4.74 Å². The summed E-state index contributed by atoms with van der Waals surface area (Å²) in [7, 11) is 0. The highest BCUT2D eigenvalue weighted by atomic mass is 19.4. The Morgan fingerprint density at radius 1 is 1.10 bits per heavy atom. The van der Waals surface area contributed by atoms with Crippen LogP contribution >= 0.6 is 0 Å². The van der Waals surface area contributed by atoms with Crippen molar-refractivity contribution in [2.75, 3.05) is 6.61 Å². The molecule has 0 radical (unpaired) electrons. The molecule has 7 nitrogen and oxygen atoms in total. The van der Waals surface area contributed by atoms with Crippen LogP contribution in [0.3, 0.4) is 0 Å². The summed E-state index contributed by atoms with van der Waals surface area (Å²) in [6.45, 7) is 0.928. The molecule has 1 atom stereocenters. The van der Waals surface area contributed by atoms with Crippen molar-refractivity contribution in [3.05, 3.63) is 66.1 Å². The van der Waals surface area contributed by atoms with Gasteiger partial charge in [-0.3, -0.25) is 4.98 Å². The van der Waals surface area contributed by atoms with E-state index in [1.165, 1.54) is 30.5 Å². The lowest BCUT2D eigenvalue weighted by atomic mass is 10.0. The maximum Gasteiger partial charge on any atom is 0.437 e. The molecule has 1 aromatic carbocycles. The molecule has 1 aliphatic rings. The first-order chi connectivity index (χ1) is 14.9. The van der Waals surface area contributed by atoms with Gasteiger partial charge in [-0.05, 0) is 30.3 Å². The Morgan fingerprint density at radius 2 is 1.97 bits per heavy atom. The van der Waals surface area contributed by atoms with Gasteiger partial charge in [0.05, 0.1) is 18.6 Å². The van der Waals surface area contributed by atoms with E-state index >= 15 is 0 Å². The van der Waals surface area contributed by atoms with Crippen LogP contribution in [-0.4, -0.2) is 36.6 Å². The fraction of sp³-hybridized carbons (Fsp3) is 0.200. The average molecular weight is 430 g/mol. The summed E-state index contributed by atoms with van der Waals surface area (Å²) in [5, 5.41) is 8.87. The summed E-state index contributed by atoms with van der Waals surface area (Å²) in [6.07, 6.45) is 0.0872. The number of ether oxygens (including phenoxy) is 1. The summed E-state index contributed by atoms with van der Waals surface area (Å²) in [5.41, 5.74) is 0.480.